The Bertz CT molecular complexity index is 282. The molecule has 17 heavy (non-hydrogen) atoms. The van der Waals surface area contributed by atoms with E-state index in [1.165, 1.54) is 6.66 Å². The molecule has 0 saturated carbocycles. The maximum atomic E-state index is 11.6. The highest BCUT2D eigenvalue weighted by Gasteiger charge is 2.17. The topological polar surface area (TPSA) is 93.7 Å². The fourth-order valence-corrected chi connectivity index (χ4v) is 1.42. The number of hydrogen-bond donors (Lipinski definition) is 2. The molecular formula is C9H19N2O5P. The van der Waals surface area contributed by atoms with E-state index < -0.39 is 7.60 Å². The molecule has 2 amide bonds. The largest absolute Gasteiger partial charge is 0.333 e. The number of amides is 2. The lowest BCUT2D eigenvalue weighted by Gasteiger charge is -2.14. The van der Waals surface area contributed by atoms with Crippen molar-refractivity contribution in [2.45, 2.75) is 26.7 Å². The van der Waals surface area contributed by atoms with Gasteiger partial charge in [-0.25, -0.2) is 0 Å². The van der Waals surface area contributed by atoms with Gasteiger partial charge < -0.3 is 10.6 Å². The highest BCUT2D eigenvalue weighted by Crippen LogP contribution is 2.42. The van der Waals surface area contributed by atoms with Gasteiger partial charge in [-0.2, -0.15) is 0 Å². The fraction of sp³-hybridized carbons (Fsp3) is 0.778. The number of hydrogen-bond acceptors (Lipinski definition) is 5. The molecule has 7 nitrogen and oxygen atoms in total. The first kappa shape index (κ1) is 16.1. The molecular weight excluding hydrogens is 247 g/mol. The van der Waals surface area contributed by atoms with Gasteiger partial charge in [0.2, 0.25) is 11.8 Å². The van der Waals surface area contributed by atoms with Crippen molar-refractivity contribution in [2.24, 2.45) is 0 Å². The number of carbonyl (C=O) groups is 2. The second-order valence-electron chi connectivity index (χ2n) is 3.23. The Morgan fingerprint density at radius 2 is 1.35 bits per heavy atom. The van der Waals surface area contributed by atoms with E-state index in [1.807, 2.05) is 0 Å². The molecule has 0 aliphatic carbocycles. The minimum Gasteiger partial charge on any atom is -0.333 e. The van der Waals surface area contributed by atoms with Crippen molar-refractivity contribution < 1.29 is 23.2 Å². The van der Waals surface area contributed by atoms with Crippen molar-refractivity contribution in [3.63, 3.8) is 0 Å². The van der Waals surface area contributed by atoms with Crippen LogP contribution in [0.5, 0.6) is 0 Å². The van der Waals surface area contributed by atoms with Crippen molar-refractivity contribution in [1.29, 1.82) is 0 Å². The van der Waals surface area contributed by atoms with Crippen LogP contribution in [-0.2, 0) is 23.2 Å². The van der Waals surface area contributed by atoms with Gasteiger partial charge in [0, 0.05) is 19.5 Å². The third-order valence-electron chi connectivity index (χ3n) is 1.78. The molecule has 0 rings (SSSR count). The summed E-state index contributed by atoms with van der Waals surface area (Å²) in [6.07, 6.45) is 0.648. The zero-order chi connectivity index (χ0) is 13.3. The molecule has 0 fully saturated rings. The van der Waals surface area contributed by atoms with Crippen LogP contribution in [0.1, 0.15) is 26.7 Å². The Morgan fingerprint density at radius 1 is 1.00 bits per heavy atom. The summed E-state index contributed by atoms with van der Waals surface area (Å²) >= 11 is 0. The predicted octanol–water partition coefficient (Wildman–Crippen LogP) is 0.810. The Hall–Kier alpha value is -0.910. The minimum absolute atomic E-state index is 0.178. The van der Waals surface area contributed by atoms with Crippen molar-refractivity contribution in [2.75, 3.05) is 20.1 Å². The Balaban J connectivity index is 3.76. The summed E-state index contributed by atoms with van der Waals surface area (Å²) in [5.74, 6) is -0.409. The summed E-state index contributed by atoms with van der Waals surface area (Å²) in [7, 11) is -3.26. The molecule has 0 saturated heterocycles. The van der Waals surface area contributed by atoms with E-state index >= 15 is 0 Å². The second kappa shape index (κ2) is 8.22. The monoisotopic (exact) mass is 266 g/mol. The van der Waals surface area contributed by atoms with Gasteiger partial charge in [0.1, 0.15) is 13.5 Å². The molecule has 100 valence electrons. The van der Waals surface area contributed by atoms with Crippen LogP contribution in [0.15, 0.2) is 0 Å². The SMILES string of the molecule is CCC(=O)NCOP(C)(=O)OCNC(=O)CC. The highest BCUT2D eigenvalue weighted by molar-refractivity contribution is 7.52. The standard InChI is InChI=1S/C9H19N2O5P/c1-4-8(12)10-6-15-17(3,14)16-7-11-9(13)5-2/h4-7H2,1-3H3,(H,10,12)(H,11,13). The van der Waals surface area contributed by atoms with E-state index in [1.54, 1.807) is 13.8 Å². The maximum absolute atomic E-state index is 11.6. The van der Waals surface area contributed by atoms with E-state index in [4.69, 9.17) is 9.05 Å². The lowest BCUT2D eigenvalue weighted by atomic mass is 10.5. The maximum Gasteiger partial charge on any atom is 0.331 e. The fourth-order valence-electron chi connectivity index (χ4n) is 0.747. The molecule has 0 aliphatic heterocycles. The Kier molecular flexibility index (Phi) is 7.78. The first-order valence-electron chi connectivity index (χ1n) is 5.31. The second-order valence-corrected chi connectivity index (χ2v) is 5.28. The number of rotatable bonds is 8. The van der Waals surface area contributed by atoms with Crippen LogP contribution in [0.25, 0.3) is 0 Å². The molecule has 0 spiro atoms. The smallest absolute Gasteiger partial charge is 0.331 e. The van der Waals surface area contributed by atoms with Gasteiger partial charge in [-0.3, -0.25) is 23.2 Å². The third-order valence-corrected chi connectivity index (χ3v) is 2.98. The van der Waals surface area contributed by atoms with Gasteiger partial charge in [0.05, 0.1) is 0 Å². The predicted molar refractivity (Wildman–Crippen MR) is 62.3 cm³/mol. The molecule has 0 unspecified atom stereocenters. The normalized spacial score (nSPS) is 11.0. The average Bonchev–Trinajstić information content (AvgIpc) is 2.27. The van der Waals surface area contributed by atoms with Gasteiger partial charge >= 0.3 is 7.60 Å². The van der Waals surface area contributed by atoms with Gasteiger partial charge in [0.15, 0.2) is 0 Å². The summed E-state index contributed by atoms with van der Waals surface area (Å²) in [5, 5.41) is 4.80. The van der Waals surface area contributed by atoms with Gasteiger partial charge in [-0.05, 0) is 0 Å². The summed E-state index contributed by atoms with van der Waals surface area (Å²) in [6.45, 7) is 4.29. The summed E-state index contributed by atoms with van der Waals surface area (Å²) in [4.78, 5) is 21.7. The minimum atomic E-state index is -3.26. The average molecular weight is 266 g/mol. The van der Waals surface area contributed by atoms with Gasteiger partial charge in [0.25, 0.3) is 0 Å². The van der Waals surface area contributed by atoms with Crippen LogP contribution < -0.4 is 10.6 Å². The quantitative estimate of drug-likeness (QED) is 0.501. The van der Waals surface area contributed by atoms with E-state index in [0.29, 0.717) is 12.8 Å². The molecule has 2 N–H and O–H groups in total. The molecule has 0 aromatic carbocycles. The van der Waals surface area contributed by atoms with Gasteiger partial charge in [-0.15, -0.1) is 0 Å². The van der Waals surface area contributed by atoms with Crippen LogP contribution in [0.2, 0.25) is 0 Å². The zero-order valence-electron chi connectivity index (χ0n) is 10.3. The lowest BCUT2D eigenvalue weighted by molar-refractivity contribution is -0.122. The van der Waals surface area contributed by atoms with Crippen LogP contribution in [0, 0.1) is 0 Å². The van der Waals surface area contributed by atoms with Crippen molar-refractivity contribution in [3.05, 3.63) is 0 Å². The summed E-state index contributed by atoms with van der Waals surface area (Å²) in [6, 6.07) is 0. The van der Waals surface area contributed by atoms with Crippen molar-refractivity contribution >= 4 is 19.4 Å². The van der Waals surface area contributed by atoms with E-state index in [-0.39, 0.29) is 25.3 Å². The molecule has 8 heteroatoms. The van der Waals surface area contributed by atoms with Crippen LogP contribution in [-0.4, -0.2) is 31.9 Å². The van der Waals surface area contributed by atoms with E-state index in [0.717, 1.165) is 0 Å². The Labute approximate surface area is 101 Å². The number of carbonyl (C=O) groups excluding carboxylic acids is 2. The number of nitrogens with one attached hydrogen (secondary N) is 2. The molecule has 0 heterocycles. The molecule has 0 radical (unpaired) electrons. The zero-order valence-corrected chi connectivity index (χ0v) is 11.2. The van der Waals surface area contributed by atoms with Gasteiger partial charge in [-0.1, -0.05) is 13.8 Å². The molecule has 0 aromatic rings. The summed E-state index contributed by atoms with van der Waals surface area (Å²) < 4.78 is 21.3. The lowest BCUT2D eigenvalue weighted by Crippen LogP contribution is -2.26. The van der Waals surface area contributed by atoms with Crippen LogP contribution in [0.4, 0.5) is 0 Å². The molecule has 0 aromatic heterocycles. The molecule has 0 atom stereocenters. The molecule has 0 bridgehead atoms. The van der Waals surface area contributed by atoms with E-state index in [2.05, 4.69) is 10.6 Å². The van der Waals surface area contributed by atoms with Crippen LogP contribution in [0.3, 0.4) is 0 Å². The first-order valence-corrected chi connectivity index (χ1v) is 7.30. The highest BCUT2D eigenvalue weighted by atomic mass is 31.2. The molecule has 0 aliphatic rings. The van der Waals surface area contributed by atoms with Crippen molar-refractivity contribution in [3.8, 4) is 0 Å². The first-order chi connectivity index (χ1) is 7.91. The summed E-state index contributed by atoms with van der Waals surface area (Å²) in [5.41, 5.74) is 0. The third kappa shape index (κ3) is 8.85. The van der Waals surface area contributed by atoms with Crippen LogP contribution >= 0.6 is 7.60 Å². The van der Waals surface area contributed by atoms with E-state index in [9.17, 15) is 14.2 Å². The Morgan fingerprint density at radius 3 is 1.65 bits per heavy atom. The van der Waals surface area contributed by atoms with Crippen molar-refractivity contribution in [1.82, 2.24) is 10.6 Å².